The summed E-state index contributed by atoms with van der Waals surface area (Å²) in [6.07, 6.45) is 2.06. The third-order valence-electron chi connectivity index (χ3n) is 5.25. The summed E-state index contributed by atoms with van der Waals surface area (Å²) in [4.78, 5) is 14.4. The lowest BCUT2D eigenvalue weighted by Crippen LogP contribution is -2.34. The number of aromatic nitrogens is 2. The van der Waals surface area contributed by atoms with Crippen molar-refractivity contribution in [2.75, 3.05) is 19.0 Å². The number of anilines is 1. The van der Waals surface area contributed by atoms with Crippen LogP contribution < -0.4 is 15.4 Å². The number of thiophene rings is 1. The van der Waals surface area contributed by atoms with E-state index in [9.17, 15) is 4.79 Å². The summed E-state index contributed by atoms with van der Waals surface area (Å²) in [5.74, 6) is 0.938. The molecule has 2 N–H and O–H groups in total. The predicted molar refractivity (Wildman–Crippen MR) is 116 cm³/mol. The molecular formula is C21H23ClN4O2S. The number of carbonyl (C=O) groups excluding carboxylic acids is 1. The van der Waals surface area contributed by atoms with Crippen LogP contribution in [0.3, 0.4) is 0 Å². The van der Waals surface area contributed by atoms with Crippen molar-refractivity contribution in [1.82, 2.24) is 15.1 Å². The second-order valence-corrected chi connectivity index (χ2v) is 9.05. The number of rotatable bonds is 6. The van der Waals surface area contributed by atoms with Gasteiger partial charge >= 0.3 is 0 Å². The Morgan fingerprint density at radius 3 is 2.90 bits per heavy atom. The maximum Gasteiger partial charge on any atom is 0.283 e. The first-order chi connectivity index (χ1) is 14.0. The number of hydrogen-bond donors (Lipinski definition) is 2. The lowest BCUT2D eigenvalue weighted by molar-refractivity contribution is 0.0943. The smallest absolute Gasteiger partial charge is 0.283 e. The van der Waals surface area contributed by atoms with E-state index in [1.807, 2.05) is 30.3 Å². The second-order valence-electron chi connectivity index (χ2n) is 7.25. The maximum absolute atomic E-state index is 13.3. The van der Waals surface area contributed by atoms with Crippen LogP contribution in [0.5, 0.6) is 5.75 Å². The zero-order valence-corrected chi connectivity index (χ0v) is 17.9. The van der Waals surface area contributed by atoms with Crippen LogP contribution in [0.4, 0.5) is 5.82 Å². The van der Waals surface area contributed by atoms with Gasteiger partial charge in [0.25, 0.3) is 5.91 Å². The fourth-order valence-corrected chi connectivity index (χ4v) is 4.63. The molecule has 4 rings (SSSR count). The highest BCUT2D eigenvalue weighted by atomic mass is 35.5. The van der Waals surface area contributed by atoms with Crippen LogP contribution in [0.2, 0.25) is 4.34 Å². The first-order valence-corrected chi connectivity index (χ1v) is 10.7. The van der Waals surface area contributed by atoms with Crippen molar-refractivity contribution in [2.24, 2.45) is 0 Å². The molecule has 3 heterocycles. The summed E-state index contributed by atoms with van der Waals surface area (Å²) < 4.78 is 7.56. The van der Waals surface area contributed by atoms with Crippen LogP contribution in [-0.4, -0.2) is 29.3 Å². The van der Waals surface area contributed by atoms with Gasteiger partial charge in [-0.25, -0.2) is 0 Å². The van der Waals surface area contributed by atoms with Crippen LogP contribution in [0.25, 0.3) is 0 Å². The Hall–Kier alpha value is -2.35. The van der Waals surface area contributed by atoms with E-state index in [0.29, 0.717) is 23.7 Å². The van der Waals surface area contributed by atoms with E-state index in [1.165, 1.54) is 16.0 Å². The molecule has 152 valence electrons. The average Bonchev–Trinajstić information content (AvgIpc) is 3.46. The number of halogens is 1. The molecule has 1 saturated heterocycles. The van der Waals surface area contributed by atoms with Crippen LogP contribution in [-0.2, 0) is 12.1 Å². The SMILES string of the molecule is COc1ccccc1C(=O)n1nc(C2(C)CCCN2)cc1NCc1ccc(Cl)s1. The van der Waals surface area contributed by atoms with Crippen LogP contribution in [0.15, 0.2) is 42.5 Å². The third kappa shape index (κ3) is 4.03. The van der Waals surface area contributed by atoms with Crippen LogP contribution >= 0.6 is 22.9 Å². The van der Waals surface area contributed by atoms with Gasteiger partial charge in [0, 0.05) is 10.9 Å². The molecule has 29 heavy (non-hydrogen) atoms. The van der Waals surface area contributed by atoms with Gasteiger partial charge in [-0.15, -0.1) is 11.3 Å². The van der Waals surface area contributed by atoms with E-state index < -0.39 is 0 Å². The number of hydrogen-bond acceptors (Lipinski definition) is 6. The molecule has 3 aromatic rings. The lowest BCUT2D eigenvalue weighted by Gasteiger charge is -2.21. The minimum atomic E-state index is -0.241. The van der Waals surface area contributed by atoms with E-state index in [1.54, 1.807) is 19.2 Å². The predicted octanol–water partition coefficient (Wildman–Crippen LogP) is 4.51. The van der Waals surface area contributed by atoms with E-state index in [0.717, 1.165) is 34.3 Å². The first kappa shape index (κ1) is 19.9. The van der Waals surface area contributed by atoms with Crippen molar-refractivity contribution >= 4 is 34.7 Å². The van der Waals surface area contributed by atoms with Gasteiger partial charge in [-0.3, -0.25) is 4.79 Å². The van der Waals surface area contributed by atoms with Gasteiger partial charge < -0.3 is 15.4 Å². The van der Waals surface area contributed by atoms with Gasteiger partial charge in [-0.2, -0.15) is 9.78 Å². The number of carbonyl (C=O) groups is 1. The summed E-state index contributed by atoms with van der Waals surface area (Å²) in [6, 6.07) is 13.0. The second kappa shape index (κ2) is 8.18. The summed E-state index contributed by atoms with van der Waals surface area (Å²) >= 11 is 7.55. The van der Waals surface area contributed by atoms with E-state index >= 15 is 0 Å². The molecule has 1 aromatic carbocycles. The van der Waals surface area contributed by atoms with Gasteiger partial charge in [0.05, 0.1) is 34.8 Å². The Bertz CT molecular complexity index is 1020. The molecule has 0 radical (unpaired) electrons. The molecule has 0 saturated carbocycles. The number of methoxy groups -OCH3 is 1. The third-order valence-corrected chi connectivity index (χ3v) is 6.48. The highest BCUT2D eigenvalue weighted by Crippen LogP contribution is 2.32. The van der Waals surface area contributed by atoms with Crippen molar-refractivity contribution in [3.63, 3.8) is 0 Å². The minimum Gasteiger partial charge on any atom is -0.496 e. The molecular weight excluding hydrogens is 408 g/mol. The standard InChI is InChI=1S/C21H23ClN4O2S/c1-21(10-5-11-24-21)17-12-19(23-13-14-8-9-18(22)29-14)26(25-17)20(27)15-6-3-4-7-16(15)28-2/h3-4,6-9,12,23-24H,5,10-11,13H2,1-2H3. The summed E-state index contributed by atoms with van der Waals surface area (Å²) in [7, 11) is 1.56. The largest absolute Gasteiger partial charge is 0.496 e. The van der Waals surface area contributed by atoms with Crippen LogP contribution in [0, 0.1) is 0 Å². The zero-order chi connectivity index (χ0) is 20.4. The number of benzene rings is 1. The number of para-hydroxylation sites is 1. The van der Waals surface area contributed by atoms with Crippen molar-refractivity contribution in [3.05, 3.63) is 62.9 Å². The molecule has 0 bridgehead atoms. The van der Waals surface area contributed by atoms with Crippen molar-refractivity contribution in [1.29, 1.82) is 0 Å². The Morgan fingerprint density at radius 2 is 2.21 bits per heavy atom. The minimum absolute atomic E-state index is 0.234. The highest BCUT2D eigenvalue weighted by molar-refractivity contribution is 7.16. The molecule has 1 unspecified atom stereocenters. The molecule has 0 aliphatic carbocycles. The number of ether oxygens (including phenoxy) is 1. The Kier molecular flexibility index (Phi) is 5.63. The Morgan fingerprint density at radius 1 is 1.38 bits per heavy atom. The summed E-state index contributed by atoms with van der Waals surface area (Å²) in [6.45, 7) is 3.63. The fourth-order valence-electron chi connectivity index (χ4n) is 3.60. The molecule has 1 fully saturated rings. The fraction of sp³-hybridized carbons (Fsp3) is 0.333. The first-order valence-electron chi connectivity index (χ1n) is 9.51. The molecule has 1 atom stereocenters. The molecule has 1 aliphatic heterocycles. The zero-order valence-electron chi connectivity index (χ0n) is 16.4. The highest BCUT2D eigenvalue weighted by Gasteiger charge is 2.34. The normalized spacial score (nSPS) is 18.7. The molecule has 8 heteroatoms. The van der Waals surface area contributed by atoms with Gasteiger partial charge in [0.2, 0.25) is 0 Å². The Balaban J connectivity index is 1.70. The summed E-state index contributed by atoms with van der Waals surface area (Å²) in [5.41, 5.74) is 1.08. The van der Waals surface area contributed by atoms with Crippen LogP contribution in [0.1, 0.15) is 40.7 Å². The van der Waals surface area contributed by atoms with Crippen molar-refractivity contribution in [2.45, 2.75) is 31.8 Å². The van der Waals surface area contributed by atoms with Crippen molar-refractivity contribution < 1.29 is 9.53 Å². The lowest BCUT2D eigenvalue weighted by atomic mass is 9.96. The molecule has 0 spiro atoms. The molecule has 0 amide bonds. The topological polar surface area (TPSA) is 68.2 Å². The van der Waals surface area contributed by atoms with Crippen molar-refractivity contribution in [3.8, 4) is 5.75 Å². The summed E-state index contributed by atoms with van der Waals surface area (Å²) in [5, 5.41) is 11.6. The van der Waals surface area contributed by atoms with E-state index in [4.69, 9.17) is 21.4 Å². The van der Waals surface area contributed by atoms with Gasteiger partial charge in [-0.05, 0) is 50.6 Å². The average molecular weight is 431 g/mol. The number of nitrogens with zero attached hydrogens (tertiary/aromatic N) is 2. The molecule has 1 aliphatic rings. The maximum atomic E-state index is 13.3. The quantitative estimate of drug-likeness (QED) is 0.602. The van der Waals surface area contributed by atoms with Gasteiger partial charge in [0.1, 0.15) is 11.6 Å². The van der Waals surface area contributed by atoms with Gasteiger partial charge in [0.15, 0.2) is 0 Å². The molecule has 2 aromatic heterocycles. The van der Waals surface area contributed by atoms with E-state index in [2.05, 4.69) is 17.6 Å². The molecule has 6 nitrogen and oxygen atoms in total. The van der Waals surface area contributed by atoms with E-state index in [-0.39, 0.29) is 11.4 Å². The Labute approximate surface area is 178 Å². The van der Waals surface area contributed by atoms with Gasteiger partial charge in [-0.1, -0.05) is 23.7 Å². The number of nitrogens with one attached hydrogen (secondary N) is 2. The monoisotopic (exact) mass is 430 g/mol.